The summed E-state index contributed by atoms with van der Waals surface area (Å²) in [5.74, 6) is -1.03. The van der Waals surface area contributed by atoms with Gasteiger partial charge in [0.25, 0.3) is 5.91 Å². The Kier molecular flexibility index (Phi) is 24.1. The molecule has 0 fully saturated rings. The van der Waals surface area contributed by atoms with E-state index in [-0.39, 0.29) is 73.5 Å². The van der Waals surface area contributed by atoms with Crippen LogP contribution in [0.15, 0.2) is 79.0 Å². The fourth-order valence-corrected chi connectivity index (χ4v) is 5.38. The van der Waals surface area contributed by atoms with Crippen LogP contribution in [0.1, 0.15) is 52.7 Å². The molecule has 3 rings (SSSR count). The summed E-state index contributed by atoms with van der Waals surface area (Å²) in [5.41, 5.74) is 4.88. The molecule has 0 spiro atoms. The summed E-state index contributed by atoms with van der Waals surface area (Å²) in [4.78, 5) is 56.3. The lowest BCUT2D eigenvalue weighted by Gasteiger charge is -2.35. The van der Waals surface area contributed by atoms with Gasteiger partial charge in [-0.3, -0.25) is 20.0 Å². The number of carbonyl (C=O) groups excluding carboxylic acids is 4. The van der Waals surface area contributed by atoms with Crippen molar-refractivity contribution in [1.82, 2.24) is 31.4 Å². The third kappa shape index (κ3) is 17.4. The topological polar surface area (TPSA) is 171 Å². The number of carbonyl (C=O) groups is 4. The molecular weight excluding hydrogens is 781 g/mol. The second kappa shape index (κ2) is 24.8. The van der Waals surface area contributed by atoms with Gasteiger partial charge in [0.15, 0.2) is 0 Å². The maximum absolute atomic E-state index is 13.8. The van der Waals surface area contributed by atoms with E-state index < -0.39 is 59.1 Å². The summed E-state index contributed by atoms with van der Waals surface area (Å²) >= 11 is 0. The molecule has 0 aliphatic heterocycles. The minimum atomic E-state index is -1.22. The van der Waals surface area contributed by atoms with Gasteiger partial charge >= 0.3 is 12.2 Å². The molecule has 0 bridgehead atoms. The molecule has 1 unspecified atom stereocenters. The number of hydrazine groups is 1. The maximum Gasteiger partial charge on any atom is 0.407 e. The van der Waals surface area contributed by atoms with Gasteiger partial charge in [-0.1, -0.05) is 102 Å². The lowest BCUT2D eigenvalue weighted by atomic mass is 9.85. The highest BCUT2D eigenvalue weighted by atomic mass is 32.1. The zero-order valence-electron chi connectivity index (χ0n) is 32.7. The Morgan fingerprint density at radius 2 is 1.20 bits per heavy atom. The van der Waals surface area contributed by atoms with Crippen LogP contribution in [0.4, 0.5) is 9.59 Å². The fourth-order valence-electron chi connectivity index (χ4n) is 5.38. The molecular formula is C38H60N6O7S4. The van der Waals surface area contributed by atoms with Crippen molar-refractivity contribution >= 4 is 78.0 Å². The number of rotatable bonds is 14. The average molecular weight is 841 g/mol. The van der Waals surface area contributed by atoms with Gasteiger partial charge in [0.05, 0.1) is 32.1 Å². The van der Waals surface area contributed by atoms with Gasteiger partial charge in [-0.25, -0.2) is 14.6 Å². The van der Waals surface area contributed by atoms with Gasteiger partial charge < -0.3 is 30.5 Å². The van der Waals surface area contributed by atoms with Crippen LogP contribution in [0, 0.1) is 10.8 Å². The normalized spacial score (nSPS) is 13.0. The highest BCUT2D eigenvalue weighted by Crippen LogP contribution is 2.23. The number of aliphatic hydroxyl groups excluding tert-OH is 1. The molecule has 308 valence electrons. The highest BCUT2D eigenvalue weighted by molar-refractivity contribution is 7.59. The predicted octanol–water partition coefficient (Wildman–Crippen LogP) is 4.66. The van der Waals surface area contributed by atoms with Crippen LogP contribution in [0.2, 0.25) is 0 Å². The Bertz CT molecular complexity index is 1590. The van der Waals surface area contributed by atoms with E-state index in [1.165, 1.54) is 14.2 Å². The van der Waals surface area contributed by atoms with E-state index in [4.69, 9.17) is 9.47 Å². The summed E-state index contributed by atoms with van der Waals surface area (Å²) in [6.45, 7) is 10.9. The highest BCUT2D eigenvalue weighted by Gasteiger charge is 2.37. The Balaban J connectivity index is 0. The van der Waals surface area contributed by atoms with Crippen molar-refractivity contribution in [3.63, 3.8) is 0 Å². The Morgan fingerprint density at radius 3 is 1.67 bits per heavy atom. The van der Waals surface area contributed by atoms with Gasteiger partial charge in [0.1, 0.15) is 12.1 Å². The van der Waals surface area contributed by atoms with Gasteiger partial charge in [-0.2, -0.15) is 54.0 Å². The van der Waals surface area contributed by atoms with E-state index >= 15 is 0 Å². The number of pyridine rings is 1. The third-order valence-corrected chi connectivity index (χ3v) is 8.21. The predicted molar refractivity (Wildman–Crippen MR) is 235 cm³/mol. The number of methoxy groups -OCH3 is 2. The van der Waals surface area contributed by atoms with Crippen LogP contribution in [-0.2, 0) is 32.0 Å². The number of amides is 4. The van der Waals surface area contributed by atoms with Crippen molar-refractivity contribution in [1.29, 1.82) is 0 Å². The van der Waals surface area contributed by atoms with E-state index in [1.807, 2.05) is 93.6 Å². The van der Waals surface area contributed by atoms with Crippen molar-refractivity contribution in [3.8, 4) is 11.3 Å². The molecule has 0 saturated heterocycles. The van der Waals surface area contributed by atoms with Crippen LogP contribution >= 0.6 is 54.0 Å². The van der Waals surface area contributed by atoms with Crippen molar-refractivity contribution < 1.29 is 33.8 Å². The maximum atomic E-state index is 13.8. The van der Waals surface area contributed by atoms with Crippen LogP contribution in [-0.4, -0.2) is 84.1 Å². The Labute approximate surface area is 353 Å². The summed E-state index contributed by atoms with van der Waals surface area (Å²) in [5, 5.41) is 21.6. The molecule has 5 N–H and O–H groups in total. The first-order chi connectivity index (χ1) is 24.0. The second-order valence-electron chi connectivity index (χ2n) is 14.5. The first-order valence-electron chi connectivity index (χ1n) is 16.8. The molecule has 4 amide bonds. The molecule has 0 aliphatic carbocycles. The van der Waals surface area contributed by atoms with Crippen LogP contribution in [0.25, 0.3) is 11.3 Å². The van der Waals surface area contributed by atoms with E-state index in [1.54, 1.807) is 32.0 Å². The number of aromatic nitrogens is 1. The summed E-state index contributed by atoms with van der Waals surface area (Å²) in [7, 11) is 2.44. The van der Waals surface area contributed by atoms with Crippen molar-refractivity contribution in [2.24, 2.45) is 10.8 Å². The van der Waals surface area contributed by atoms with E-state index in [2.05, 4.69) is 26.4 Å². The first kappa shape index (κ1) is 53.5. The summed E-state index contributed by atoms with van der Waals surface area (Å²) < 4.78 is 9.54. The van der Waals surface area contributed by atoms with Gasteiger partial charge in [0, 0.05) is 24.8 Å². The Morgan fingerprint density at radius 1 is 0.691 bits per heavy atom. The molecule has 1 aromatic heterocycles. The van der Waals surface area contributed by atoms with Gasteiger partial charge in [-0.15, -0.1) is 0 Å². The van der Waals surface area contributed by atoms with Crippen molar-refractivity contribution in [3.05, 3.63) is 90.1 Å². The van der Waals surface area contributed by atoms with E-state index in [0.717, 1.165) is 22.4 Å². The number of aliphatic hydroxyl groups is 1. The molecule has 0 aliphatic rings. The fraction of sp³-hybridized carbons (Fsp3) is 0.447. The number of ether oxygens (including phenoxy) is 2. The van der Waals surface area contributed by atoms with E-state index in [0.29, 0.717) is 0 Å². The largest absolute Gasteiger partial charge is 0.453 e. The number of hydrogen-bond acceptors (Lipinski definition) is 9. The quantitative estimate of drug-likeness (QED) is 0.145. The third-order valence-electron chi connectivity index (χ3n) is 8.21. The number of alkyl carbamates (subject to hydrolysis) is 2. The number of hydrogen-bond donors (Lipinski definition) is 5. The molecule has 0 saturated carbocycles. The second-order valence-corrected chi connectivity index (χ2v) is 14.5. The SMILES string of the molecule is COC(=O)N[C@H](C(=O)NC(Cc1ccccc1)[C@@H](O)CN(Cc1ccc(-c2ccccn2)cc1)NC(=O)[C@H](NC(=O)OC)C(C)(C)C)C(C)(C)C.S.S.S.S. The molecule has 4 atom stereocenters. The molecule has 17 heteroatoms. The van der Waals surface area contributed by atoms with Crippen LogP contribution in [0.3, 0.4) is 0 Å². The average Bonchev–Trinajstić information content (AvgIpc) is 3.08. The molecule has 13 nitrogen and oxygen atoms in total. The number of nitrogens with one attached hydrogen (secondary N) is 4. The van der Waals surface area contributed by atoms with E-state index in [9.17, 15) is 24.3 Å². The minimum Gasteiger partial charge on any atom is -0.453 e. The molecule has 55 heavy (non-hydrogen) atoms. The zero-order valence-corrected chi connectivity index (χ0v) is 36.7. The number of nitrogens with zero attached hydrogens (tertiary/aromatic N) is 2. The van der Waals surface area contributed by atoms with Gasteiger partial charge in [0.2, 0.25) is 5.91 Å². The molecule has 0 radical (unpaired) electrons. The summed E-state index contributed by atoms with van der Waals surface area (Å²) in [6.07, 6.45) is -0.778. The zero-order chi connectivity index (χ0) is 37.8. The molecule has 3 aromatic rings. The Hall–Kier alpha value is -3.61. The van der Waals surface area contributed by atoms with Gasteiger partial charge in [-0.05, 0) is 40.5 Å². The van der Waals surface area contributed by atoms with Crippen molar-refractivity contribution in [2.75, 3.05) is 20.8 Å². The monoisotopic (exact) mass is 840 g/mol. The lowest BCUT2D eigenvalue weighted by Crippen LogP contribution is -2.60. The standard InChI is InChI=1S/C38H52N6O7.4H2S/c1-37(2,3)31(41-35(48)50-7)33(46)40-29(22-25-14-10-9-11-15-25)30(45)24-44(43-34(47)32(38(4,5)6)42-36(49)51-8)23-26-17-19-27(20-18-26)28-16-12-13-21-39-28;;;;/h9-21,29-32,45H,22-24H2,1-8H3,(H,40,46)(H,41,48)(H,42,49)(H,43,47);4*1H2/t29?,30-,31+,32-;;;;/m0..../s1. The first-order valence-corrected chi connectivity index (χ1v) is 16.8. The minimum absolute atomic E-state index is 0. The molecule has 1 heterocycles. The smallest absolute Gasteiger partial charge is 0.407 e. The lowest BCUT2D eigenvalue weighted by molar-refractivity contribution is -0.132. The van der Waals surface area contributed by atoms with Crippen LogP contribution < -0.4 is 21.4 Å². The van der Waals surface area contributed by atoms with Crippen molar-refractivity contribution in [2.45, 2.75) is 78.7 Å². The summed E-state index contributed by atoms with van der Waals surface area (Å²) in [6, 6.07) is 19.8. The number of benzene rings is 2. The van der Waals surface area contributed by atoms with Crippen LogP contribution in [0.5, 0.6) is 0 Å². The molecule has 2 aromatic carbocycles.